The number of hydrogen-bond donors (Lipinski definition) is 0. The van der Waals surface area contributed by atoms with Gasteiger partial charge >= 0.3 is 0 Å². The molecule has 0 nitrogen and oxygen atoms in total. The molecule has 66 valence electrons. The molecule has 13 heavy (non-hydrogen) atoms. The van der Waals surface area contributed by atoms with E-state index in [0.29, 0.717) is 0 Å². The molecular weight excluding hydrogens is 216 g/mol. The Kier molecular flexibility index (Phi) is 2.88. The van der Waals surface area contributed by atoms with Gasteiger partial charge in [0.15, 0.2) is 0 Å². The third kappa shape index (κ3) is 2.46. The van der Waals surface area contributed by atoms with Gasteiger partial charge in [-0.05, 0) is 11.6 Å². The topological polar surface area (TPSA) is 0 Å². The Morgan fingerprint density at radius 3 is 2.46 bits per heavy atom. The van der Waals surface area contributed by atoms with Crippen molar-refractivity contribution in [3.05, 3.63) is 50.7 Å². The number of hydrogen-bond acceptors (Lipinski definition) is 3. The molecule has 0 unspecified atom stereocenters. The van der Waals surface area contributed by atoms with Crippen LogP contribution in [0.3, 0.4) is 0 Å². The molecule has 0 N–H and O–H groups in total. The van der Waals surface area contributed by atoms with E-state index in [4.69, 9.17) is 12.2 Å². The molecule has 0 aliphatic carbocycles. The molecule has 3 heteroatoms. The SMILES string of the molecule is S=c1cc(Cc2ccccc2)ss1. The van der Waals surface area contributed by atoms with Gasteiger partial charge in [0.05, 0.1) is 0 Å². The summed E-state index contributed by atoms with van der Waals surface area (Å²) in [7, 11) is 3.46. The van der Waals surface area contributed by atoms with Crippen LogP contribution in [0.1, 0.15) is 10.4 Å². The minimum absolute atomic E-state index is 0.996. The highest BCUT2D eigenvalue weighted by Crippen LogP contribution is 2.20. The average molecular weight is 224 g/mol. The van der Waals surface area contributed by atoms with E-state index in [2.05, 4.69) is 30.3 Å². The van der Waals surface area contributed by atoms with Crippen LogP contribution in [-0.4, -0.2) is 0 Å². The van der Waals surface area contributed by atoms with Gasteiger partial charge in [0.25, 0.3) is 0 Å². The molecule has 0 bridgehead atoms. The van der Waals surface area contributed by atoms with Gasteiger partial charge in [-0.3, -0.25) is 0 Å². The molecule has 0 saturated carbocycles. The summed E-state index contributed by atoms with van der Waals surface area (Å²) in [4.78, 5) is 1.36. The van der Waals surface area contributed by atoms with E-state index in [0.717, 1.165) is 10.2 Å². The lowest BCUT2D eigenvalue weighted by molar-refractivity contribution is 1.24. The summed E-state index contributed by atoms with van der Waals surface area (Å²) in [6.07, 6.45) is 1.01. The molecular formula is C10H8S3. The first kappa shape index (κ1) is 9.06. The lowest BCUT2D eigenvalue weighted by Crippen LogP contribution is -1.81. The van der Waals surface area contributed by atoms with Crippen LogP contribution in [0.4, 0.5) is 0 Å². The predicted octanol–water partition coefficient (Wildman–Crippen LogP) is 4.13. The lowest BCUT2D eigenvalue weighted by Gasteiger charge is -1.95. The van der Waals surface area contributed by atoms with Crippen LogP contribution in [0.2, 0.25) is 0 Å². The summed E-state index contributed by atoms with van der Waals surface area (Å²) < 4.78 is 0.996. The molecule has 1 heterocycles. The fraction of sp³-hybridized carbons (Fsp3) is 0.100. The molecule has 0 saturated heterocycles. The van der Waals surface area contributed by atoms with Crippen LogP contribution < -0.4 is 0 Å². The van der Waals surface area contributed by atoms with E-state index < -0.39 is 0 Å². The molecule has 0 atom stereocenters. The Labute approximate surface area is 89.9 Å². The van der Waals surface area contributed by atoms with Gasteiger partial charge in [-0.2, -0.15) is 0 Å². The second-order valence-corrected chi connectivity index (χ2v) is 5.75. The van der Waals surface area contributed by atoms with E-state index in [1.165, 1.54) is 10.4 Å². The first-order chi connectivity index (χ1) is 6.34. The highest BCUT2D eigenvalue weighted by Gasteiger charge is 1.97. The van der Waals surface area contributed by atoms with Gasteiger partial charge in [0.2, 0.25) is 0 Å². The van der Waals surface area contributed by atoms with Crippen LogP contribution in [0.15, 0.2) is 36.4 Å². The van der Waals surface area contributed by atoms with E-state index in [1.54, 1.807) is 20.7 Å². The molecule has 1 aromatic carbocycles. The number of benzene rings is 1. The minimum Gasteiger partial charge on any atom is -0.0833 e. The Balaban J connectivity index is 2.20. The van der Waals surface area contributed by atoms with Crippen molar-refractivity contribution >= 4 is 32.9 Å². The Bertz CT molecular complexity index is 425. The van der Waals surface area contributed by atoms with E-state index in [-0.39, 0.29) is 0 Å². The summed E-state index contributed by atoms with van der Waals surface area (Å²) >= 11 is 5.08. The van der Waals surface area contributed by atoms with Crippen LogP contribution in [0.25, 0.3) is 0 Å². The third-order valence-electron chi connectivity index (χ3n) is 1.73. The maximum atomic E-state index is 5.08. The van der Waals surface area contributed by atoms with Crippen molar-refractivity contribution in [2.45, 2.75) is 6.42 Å². The van der Waals surface area contributed by atoms with E-state index in [1.807, 2.05) is 6.07 Å². The minimum atomic E-state index is 0.996. The molecule has 1 aromatic heterocycles. The van der Waals surface area contributed by atoms with Gasteiger partial charge < -0.3 is 0 Å². The van der Waals surface area contributed by atoms with Crippen molar-refractivity contribution in [3.8, 4) is 0 Å². The zero-order valence-corrected chi connectivity index (χ0v) is 9.35. The van der Waals surface area contributed by atoms with Gasteiger partial charge in [0, 0.05) is 11.3 Å². The zero-order valence-electron chi connectivity index (χ0n) is 6.90. The highest BCUT2D eigenvalue weighted by molar-refractivity contribution is 7.79. The zero-order chi connectivity index (χ0) is 9.10. The molecule has 2 aromatic rings. The average Bonchev–Trinajstić information content (AvgIpc) is 2.53. The fourth-order valence-electron chi connectivity index (χ4n) is 1.15. The standard InChI is InChI=1S/C10H8S3/c11-10-7-9(12-13-10)6-8-4-2-1-3-5-8/h1-5,7H,6H2. The van der Waals surface area contributed by atoms with Crippen LogP contribution in [0.5, 0.6) is 0 Å². The Morgan fingerprint density at radius 2 is 1.85 bits per heavy atom. The Hall–Kier alpha value is -0.510. The predicted molar refractivity (Wildman–Crippen MR) is 62.3 cm³/mol. The maximum Gasteiger partial charge on any atom is 0.102 e. The van der Waals surface area contributed by atoms with Gasteiger partial charge in [0.1, 0.15) is 3.82 Å². The summed E-state index contributed by atoms with van der Waals surface area (Å²) in [6, 6.07) is 12.6. The highest BCUT2D eigenvalue weighted by atomic mass is 32.9. The van der Waals surface area contributed by atoms with Crippen LogP contribution in [-0.2, 0) is 6.42 Å². The molecule has 0 amide bonds. The van der Waals surface area contributed by atoms with Crippen LogP contribution in [0, 0.1) is 3.82 Å². The quantitative estimate of drug-likeness (QED) is 0.546. The van der Waals surface area contributed by atoms with E-state index >= 15 is 0 Å². The summed E-state index contributed by atoms with van der Waals surface area (Å²) in [6.45, 7) is 0. The van der Waals surface area contributed by atoms with Crippen molar-refractivity contribution < 1.29 is 0 Å². The normalized spacial score (nSPS) is 10.2. The molecule has 0 spiro atoms. The smallest absolute Gasteiger partial charge is 0.0833 e. The Morgan fingerprint density at radius 1 is 1.08 bits per heavy atom. The van der Waals surface area contributed by atoms with Crippen molar-refractivity contribution in [1.82, 2.24) is 0 Å². The first-order valence-electron chi connectivity index (χ1n) is 3.97. The van der Waals surface area contributed by atoms with Gasteiger partial charge in [-0.1, -0.05) is 63.2 Å². The van der Waals surface area contributed by atoms with Crippen LogP contribution >= 0.6 is 32.9 Å². The molecule has 0 radical (unpaired) electrons. The van der Waals surface area contributed by atoms with E-state index in [9.17, 15) is 0 Å². The van der Waals surface area contributed by atoms with Gasteiger partial charge in [-0.15, -0.1) is 0 Å². The summed E-state index contributed by atoms with van der Waals surface area (Å²) in [5.41, 5.74) is 1.35. The monoisotopic (exact) mass is 224 g/mol. The summed E-state index contributed by atoms with van der Waals surface area (Å²) in [5.74, 6) is 0. The molecule has 0 aliphatic heterocycles. The molecule has 2 rings (SSSR count). The maximum absolute atomic E-state index is 5.08. The summed E-state index contributed by atoms with van der Waals surface area (Å²) in [5, 5.41) is 0. The molecule has 0 aliphatic rings. The fourth-order valence-corrected chi connectivity index (χ4v) is 3.55. The second-order valence-electron chi connectivity index (χ2n) is 2.76. The van der Waals surface area contributed by atoms with Crippen molar-refractivity contribution in [2.75, 3.05) is 0 Å². The lowest BCUT2D eigenvalue weighted by atomic mass is 10.1. The molecule has 0 fully saturated rings. The second kappa shape index (κ2) is 4.13. The first-order valence-corrected chi connectivity index (χ1v) is 6.53. The van der Waals surface area contributed by atoms with Crippen molar-refractivity contribution in [1.29, 1.82) is 0 Å². The van der Waals surface area contributed by atoms with Gasteiger partial charge in [-0.25, -0.2) is 0 Å². The number of rotatable bonds is 2. The largest absolute Gasteiger partial charge is 0.102 e. The third-order valence-corrected chi connectivity index (χ3v) is 4.69. The van der Waals surface area contributed by atoms with Crippen molar-refractivity contribution in [3.63, 3.8) is 0 Å². The van der Waals surface area contributed by atoms with Crippen molar-refractivity contribution in [2.24, 2.45) is 0 Å².